The molecule has 2 aromatic carbocycles. The maximum Gasteiger partial charge on any atom is 0.341 e. The van der Waals surface area contributed by atoms with E-state index in [2.05, 4.69) is 17.4 Å². The van der Waals surface area contributed by atoms with Gasteiger partial charge in [0, 0.05) is 12.1 Å². The molecular weight excluding hydrogens is 306 g/mol. The normalized spacial score (nSPS) is 10.3. The van der Waals surface area contributed by atoms with Crippen molar-refractivity contribution in [2.45, 2.75) is 27.3 Å². The van der Waals surface area contributed by atoms with Crippen LogP contribution in [0.1, 0.15) is 32.6 Å². The van der Waals surface area contributed by atoms with Gasteiger partial charge in [-0.05, 0) is 55.7 Å². The quantitative estimate of drug-likeness (QED) is 0.855. The molecule has 1 amide bonds. The molecule has 0 aromatic heterocycles. The highest BCUT2D eigenvalue weighted by molar-refractivity contribution is 5.94. The summed E-state index contributed by atoms with van der Waals surface area (Å²) in [5, 5.41) is 11.5. The Kier molecular flexibility index (Phi) is 5.58. The number of rotatable bonds is 6. The zero-order valence-electron chi connectivity index (χ0n) is 14.1. The molecule has 126 valence electrons. The smallest absolute Gasteiger partial charge is 0.341 e. The minimum absolute atomic E-state index is 0.227. The lowest BCUT2D eigenvalue weighted by Gasteiger charge is -2.13. The van der Waals surface area contributed by atoms with Gasteiger partial charge in [-0.15, -0.1) is 0 Å². The van der Waals surface area contributed by atoms with Crippen LogP contribution in [0.25, 0.3) is 0 Å². The number of hydrogen-bond donors (Lipinski definition) is 2. The molecule has 0 unspecified atom stereocenters. The van der Waals surface area contributed by atoms with E-state index in [1.807, 2.05) is 20.8 Å². The van der Waals surface area contributed by atoms with Crippen molar-refractivity contribution in [2.75, 3.05) is 6.61 Å². The maximum absolute atomic E-state index is 12.3. The molecule has 5 nitrogen and oxygen atoms in total. The fraction of sp³-hybridized carbons (Fsp3) is 0.263. The second-order valence-corrected chi connectivity index (χ2v) is 5.77. The molecule has 0 aliphatic rings. The highest BCUT2D eigenvalue weighted by Gasteiger charge is 2.10. The number of aryl methyl sites for hydroxylation is 3. The van der Waals surface area contributed by atoms with E-state index >= 15 is 0 Å². The Balaban J connectivity index is 2.05. The van der Waals surface area contributed by atoms with Crippen molar-refractivity contribution in [1.82, 2.24) is 5.32 Å². The molecule has 0 bridgehead atoms. The van der Waals surface area contributed by atoms with Gasteiger partial charge in [0.25, 0.3) is 5.91 Å². The molecular formula is C19H21NO4. The monoisotopic (exact) mass is 327 g/mol. The minimum Gasteiger partial charge on any atom is -0.482 e. The summed E-state index contributed by atoms with van der Waals surface area (Å²) in [5.74, 6) is -0.932. The van der Waals surface area contributed by atoms with Gasteiger partial charge in [-0.3, -0.25) is 4.79 Å². The van der Waals surface area contributed by atoms with Gasteiger partial charge in [0.2, 0.25) is 0 Å². The summed E-state index contributed by atoms with van der Waals surface area (Å²) in [6.45, 7) is 6.11. The predicted molar refractivity (Wildman–Crippen MR) is 91.4 cm³/mol. The Bertz CT molecular complexity index is 745. The Morgan fingerprint density at radius 2 is 1.75 bits per heavy atom. The summed E-state index contributed by atoms with van der Waals surface area (Å²) in [5.41, 5.74) is 5.02. The number of benzene rings is 2. The van der Waals surface area contributed by atoms with Crippen LogP contribution >= 0.6 is 0 Å². The van der Waals surface area contributed by atoms with Crippen LogP contribution < -0.4 is 10.1 Å². The first-order valence-corrected chi connectivity index (χ1v) is 7.66. The summed E-state index contributed by atoms with van der Waals surface area (Å²) in [4.78, 5) is 22.8. The van der Waals surface area contributed by atoms with Gasteiger partial charge in [0.1, 0.15) is 5.75 Å². The number of carboxylic acid groups (broad SMARTS) is 1. The number of aliphatic carboxylic acids is 1. The summed E-state index contributed by atoms with van der Waals surface area (Å²) in [6.07, 6.45) is 0. The summed E-state index contributed by atoms with van der Waals surface area (Å²) >= 11 is 0. The largest absolute Gasteiger partial charge is 0.482 e. The van der Waals surface area contributed by atoms with Gasteiger partial charge in [-0.2, -0.15) is 0 Å². The number of carbonyl (C=O) groups excluding carboxylic acids is 1. The van der Waals surface area contributed by atoms with Crippen LogP contribution in [-0.2, 0) is 11.3 Å². The average molecular weight is 327 g/mol. The van der Waals surface area contributed by atoms with Crippen LogP contribution in [0.5, 0.6) is 5.75 Å². The first-order valence-electron chi connectivity index (χ1n) is 7.66. The van der Waals surface area contributed by atoms with Crippen LogP contribution in [0.2, 0.25) is 0 Å². The van der Waals surface area contributed by atoms with E-state index in [4.69, 9.17) is 9.84 Å². The number of ether oxygens (including phenoxy) is 1. The predicted octanol–water partition coefficient (Wildman–Crippen LogP) is 3.01. The van der Waals surface area contributed by atoms with E-state index in [-0.39, 0.29) is 5.91 Å². The molecule has 2 aromatic rings. The number of carbonyl (C=O) groups is 2. The van der Waals surface area contributed by atoms with Crippen molar-refractivity contribution in [3.05, 3.63) is 64.2 Å². The topological polar surface area (TPSA) is 75.6 Å². The Labute approximate surface area is 141 Å². The van der Waals surface area contributed by atoms with E-state index < -0.39 is 12.6 Å². The lowest BCUT2D eigenvalue weighted by atomic mass is 10.00. The van der Waals surface area contributed by atoms with E-state index in [1.165, 1.54) is 11.6 Å². The molecule has 0 fully saturated rings. The third-order valence-electron chi connectivity index (χ3n) is 3.72. The van der Waals surface area contributed by atoms with Crippen molar-refractivity contribution in [1.29, 1.82) is 0 Å². The van der Waals surface area contributed by atoms with Crippen molar-refractivity contribution in [2.24, 2.45) is 0 Å². The fourth-order valence-corrected chi connectivity index (χ4v) is 2.63. The number of amides is 1. The molecule has 0 atom stereocenters. The molecule has 0 heterocycles. The molecule has 0 saturated carbocycles. The summed E-state index contributed by atoms with van der Waals surface area (Å²) < 4.78 is 5.09. The Morgan fingerprint density at radius 3 is 2.38 bits per heavy atom. The second-order valence-electron chi connectivity index (χ2n) is 5.77. The van der Waals surface area contributed by atoms with Crippen molar-refractivity contribution in [3.63, 3.8) is 0 Å². The third-order valence-corrected chi connectivity index (χ3v) is 3.72. The van der Waals surface area contributed by atoms with E-state index in [0.29, 0.717) is 17.9 Å². The van der Waals surface area contributed by atoms with E-state index in [9.17, 15) is 9.59 Å². The van der Waals surface area contributed by atoms with Crippen LogP contribution in [0.4, 0.5) is 0 Å². The number of carboxylic acids is 1. The molecule has 0 radical (unpaired) electrons. The van der Waals surface area contributed by atoms with Gasteiger partial charge in [0.15, 0.2) is 6.61 Å². The fourth-order valence-electron chi connectivity index (χ4n) is 2.63. The lowest BCUT2D eigenvalue weighted by molar-refractivity contribution is -0.139. The Morgan fingerprint density at radius 1 is 1.08 bits per heavy atom. The van der Waals surface area contributed by atoms with Crippen LogP contribution in [0.15, 0.2) is 36.4 Å². The van der Waals surface area contributed by atoms with Crippen molar-refractivity contribution < 1.29 is 19.4 Å². The maximum atomic E-state index is 12.3. The van der Waals surface area contributed by atoms with Gasteiger partial charge >= 0.3 is 5.97 Å². The molecule has 0 spiro atoms. The minimum atomic E-state index is -1.06. The molecule has 24 heavy (non-hydrogen) atoms. The average Bonchev–Trinajstić information content (AvgIpc) is 2.52. The first kappa shape index (κ1) is 17.5. The number of hydrogen-bond acceptors (Lipinski definition) is 3. The van der Waals surface area contributed by atoms with Crippen molar-refractivity contribution >= 4 is 11.9 Å². The highest BCUT2D eigenvalue weighted by Crippen LogP contribution is 2.17. The van der Waals surface area contributed by atoms with Crippen LogP contribution in [0.3, 0.4) is 0 Å². The zero-order valence-corrected chi connectivity index (χ0v) is 14.1. The van der Waals surface area contributed by atoms with Gasteiger partial charge < -0.3 is 15.2 Å². The summed E-state index contributed by atoms with van der Waals surface area (Å²) in [6, 6.07) is 10.7. The van der Waals surface area contributed by atoms with Crippen LogP contribution in [0, 0.1) is 20.8 Å². The Hall–Kier alpha value is -2.82. The standard InChI is InChI=1S/C19H21NO4/c1-12-7-13(2)17(14(3)8-12)10-20-19(23)15-5-4-6-16(9-15)24-11-18(21)22/h4-9H,10-11H2,1-3H3,(H,20,23)(H,21,22). The van der Waals surface area contributed by atoms with E-state index in [0.717, 1.165) is 16.7 Å². The van der Waals surface area contributed by atoms with Gasteiger partial charge in [-0.25, -0.2) is 4.79 Å². The van der Waals surface area contributed by atoms with E-state index in [1.54, 1.807) is 18.2 Å². The third kappa shape index (κ3) is 4.59. The lowest BCUT2D eigenvalue weighted by Crippen LogP contribution is -2.23. The van der Waals surface area contributed by atoms with Crippen molar-refractivity contribution in [3.8, 4) is 5.75 Å². The zero-order chi connectivity index (χ0) is 17.7. The SMILES string of the molecule is Cc1cc(C)c(CNC(=O)c2cccc(OCC(=O)O)c2)c(C)c1. The molecule has 0 aliphatic heterocycles. The highest BCUT2D eigenvalue weighted by atomic mass is 16.5. The second kappa shape index (κ2) is 7.64. The molecule has 0 aliphatic carbocycles. The van der Waals surface area contributed by atoms with Gasteiger partial charge in [-0.1, -0.05) is 23.8 Å². The molecule has 0 saturated heterocycles. The first-order chi connectivity index (χ1) is 11.4. The number of nitrogens with one attached hydrogen (secondary N) is 1. The summed E-state index contributed by atoms with van der Waals surface area (Å²) in [7, 11) is 0. The van der Waals surface area contributed by atoms with Gasteiger partial charge in [0.05, 0.1) is 0 Å². The molecule has 5 heteroatoms. The molecule has 2 rings (SSSR count). The molecule has 2 N–H and O–H groups in total. The van der Waals surface area contributed by atoms with Crippen LogP contribution in [-0.4, -0.2) is 23.6 Å².